The minimum absolute atomic E-state index is 0.0287. The van der Waals surface area contributed by atoms with Crippen LogP contribution in [0.5, 0.6) is 0 Å². The number of nitrogens with zero attached hydrogens (tertiary/aromatic N) is 6. The van der Waals surface area contributed by atoms with Crippen LogP contribution in [0.15, 0.2) is 105 Å². The molecule has 0 bridgehead atoms. The fraction of sp³-hybridized carbons (Fsp3) is 0.135. The molecule has 2 aliphatic rings. The predicted octanol–water partition coefficient (Wildman–Crippen LogP) is 4.59. The molecule has 2 atom stereocenters. The number of aliphatic imine (C=N–C) groups is 4. The van der Waals surface area contributed by atoms with Gasteiger partial charge in [0.15, 0.2) is 34.6 Å². The molecule has 0 unspecified atom stereocenters. The van der Waals surface area contributed by atoms with Crippen LogP contribution in [0.2, 0.25) is 0 Å². The summed E-state index contributed by atoms with van der Waals surface area (Å²) in [4.78, 5) is 43.0. The molecule has 0 fully saturated rings. The summed E-state index contributed by atoms with van der Waals surface area (Å²) in [6, 6.07) is 25.6. The van der Waals surface area contributed by atoms with Crippen molar-refractivity contribution < 1.29 is 18.4 Å². The molecule has 6 rings (SSSR count). The van der Waals surface area contributed by atoms with E-state index in [1.54, 1.807) is 60.7 Å². The maximum atomic E-state index is 13.3. The average Bonchev–Trinajstić information content (AvgIpc) is 3.17. The lowest BCUT2D eigenvalue weighted by Gasteiger charge is -2.19. The number of nitriles is 2. The van der Waals surface area contributed by atoms with E-state index in [2.05, 4.69) is 53.4 Å². The molecule has 0 spiro atoms. The topological polar surface area (TPSA) is 231 Å². The Kier molecular flexibility index (Phi) is 12.0. The smallest absolute Gasteiger partial charge is 0.234 e. The number of halogens is 2. The molecule has 276 valence electrons. The number of amides is 2. The molecule has 18 heteroatoms. The van der Waals surface area contributed by atoms with Crippen molar-refractivity contribution in [1.82, 2.24) is 10.6 Å². The third-order valence-corrected chi connectivity index (χ3v) is 9.67. The van der Waals surface area contributed by atoms with Crippen molar-refractivity contribution in [1.29, 1.82) is 10.5 Å². The van der Waals surface area contributed by atoms with Gasteiger partial charge in [0, 0.05) is 17.8 Å². The van der Waals surface area contributed by atoms with Gasteiger partial charge in [-0.25, -0.2) is 28.8 Å². The summed E-state index contributed by atoms with van der Waals surface area (Å²) in [6.45, 7) is 0. The molecule has 2 amide bonds. The first-order valence-corrected chi connectivity index (χ1v) is 18.3. The SMILES string of the molecule is N#Cc1cc(NC(=O)CSC2=N[C@@H](c3ccc(F)cc3)N=C(N)N2)ccc1Cc1ccc(NC(=O)CSC2=N[C@@H](c3ccc(F)cc3)N=C(N)N2)cc1C#N. The van der Waals surface area contributed by atoms with Gasteiger partial charge >= 0.3 is 0 Å². The lowest BCUT2D eigenvalue weighted by molar-refractivity contribution is -0.114. The zero-order chi connectivity index (χ0) is 38.9. The van der Waals surface area contributed by atoms with Gasteiger partial charge in [-0.05, 0) is 70.8 Å². The number of thioether (sulfide) groups is 2. The van der Waals surface area contributed by atoms with Gasteiger partial charge < -0.3 is 32.7 Å². The second-order valence-electron chi connectivity index (χ2n) is 11.8. The van der Waals surface area contributed by atoms with E-state index in [4.69, 9.17) is 11.5 Å². The molecule has 55 heavy (non-hydrogen) atoms. The predicted molar refractivity (Wildman–Crippen MR) is 210 cm³/mol. The van der Waals surface area contributed by atoms with Gasteiger partial charge in [-0.3, -0.25) is 9.59 Å². The molecular formula is C37H30F2N12O2S2. The minimum atomic E-state index is -0.680. The highest BCUT2D eigenvalue weighted by Gasteiger charge is 2.20. The number of carbonyl (C=O) groups excluding carboxylic acids is 2. The average molecular weight is 777 g/mol. The Balaban J connectivity index is 1.02. The van der Waals surface area contributed by atoms with Crippen LogP contribution in [-0.4, -0.2) is 45.6 Å². The number of rotatable bonds is 10. The Labute approximate surface area is 321 Å². The van der Waals surface area contributed by atoms with Crippen LogP contribution in [0.3, 0.4) is 0 Å². The van der Waals surface area contributed by atoms with Gasteiger partial charge in [-0.1, -0.05) is 59.9 Å². The van der Waals surface area contributed by atoms with Crippen molar-refractivity contribution >= 4 is 69.0 Å². The summed E-state index contributed by atoms with van der Waals surface area (Å²) in [6.07, 6.45) is -1.12. The van der Waals surface area contributed by atoms with Gasteiger partial charge in [0.2, 0.25) is 11.8 Å². The Morgan fingerprint density at radius 1 is 0.655 bits per heavy atom. The number of hydrogen-bond acceptors (Lipinski definition) is 14. The van der Waals surface area contributed by atoms with Gasteiger partial charge in [-0.15, -0.1) is 0 Å². The van der Waals surface area contributed by atoms with Crippen molar-refractivity contribution in [3.05, 3.63) is 130 Å². The molecule has 0 aliphatic carbocycles. The largest absolute Gasteiger partial charge is 0.370 e. The van der Waals surface area contributed by atoms with E-state index in [1.807, 2.05) is 0 Å². The van der Waals surface area contributed by atoms with Gasteiger partial charge in [0.25, 0.3) is 0 Å². The summed E-state index contributed by atoms with van der Waals surface area (Å²) in [5.74, 6) is -1.33. The number of nitrogens with two attached hydrogens (primary N) is 2. The Hall–Kier alpha value is -6.76. The van der Waals surface area contributed by atoms with Crippen molar-refractivity contribution in [3.63, 3.8) is 0 Å². The van der Waals surface area contributed by atoms with Crippen LogP contribution >= 0.6 is 23.5 Å². The van der Waals surface area contributed by atoms with E-state index in [9.17, 15) is 28.9 Å². The van der Waals surface area contributed by atoms with Crippen LogP contribution in [0, 0.1) is 34.3 Å². The van der Waals surface area contributed by atoms with E-state index in [0.29, 0.717) is 55.1 Å². The van der Waals surface area contributed by atoms with Crippen molar-refractivity contribution in [2.24, 2.45) is 31.4 Å². The number of benzene rings is 4. The number of guanidine groups is 2. The lowest BCUT2D eigenvalue weighted by Crippen LogP contribution is -2.39. The minimum Gasteiger partial charge on any atom is -0.370 e. The van der Waals surface area contributed by atoms with Crippen LogP contribution < -0.4 is 32.7 Å². The molecule has 8 N–H and O–H groups in total. The van der Waals surface area contributed by atoms with E-state index in [0.717, 1.165) is 23.5 Å². The molecule has 0 aromatic heterocycles. The molecule has 14 nitrogen and oxygen atoms in total. The number of anilines is 2. The first-order chi connectivity index (χ1) is 26.5. The summed E-state index contributed by atoms with van der Waals surface area (Å²) in [5, 5.41) is 31.7. The second-order valence-corrected chi connectivity index (χ2v) is 13.7. The van der Waals surface area contributed by atoms with Crippen molar-refractivity contribution in [2.75, 3.05) is 22.1 Å². The van der Waals surface area contributed by atoms with Crippen LogP contribution in [0.25, 0.3) is 0 Å². The van der Waals surface area contributed by atoms with E-state index >= 15 is 0 Å². The van der Waals surface area contributed by atoms with Crippen LogP contribution in [-0.2, 0) is 16.0 Å². The molecule has 0 radical (unpaired) electrons. The monoisotopic (exact) mass is 776 g/mol. The van der Waals surface area contributed by atoms with Crippen molar-refractivity contribution in [3.8, 4) is 12.1 Å². The first kappa shape index (κ1) is 38.0. The quantitative estimate of drug-likeness (QED) is 0.131. The van der Waals surface area contributed by atoms with Gasteiger partial charge in [0.05, 0.1) is 34.8 Å². The zero-order valence-electron chi connectivity index (χ0n) is 28.6. The molecule has 0 saturated carbocycles. The molecule has 2 heterocycles. The summed E-state index contributed by atoms with van der Waals surface area (Å²) in [7, 11) is 0. The second kappa shape index (κ2) is 17.4. The lowest BCUT2D eigenvalue weighted by atomic mass is 9.96. The maximum Gasteiger partial charge on any atom is 0.234 e. The highest BCUT2D eigenvalue weighted by molar-refractivity contribution is 8.14. The Morgan fingerprint density at radius 2 is 1.05 bits per heavy atom. The zero-order valence-corrected chi connectivity index (χ0v) is 30.2. The molecule has 4 aromatic rings. The van der Waals surface area contributed by atoms with Gasteiger partial charge in [-0.2, -0.15) is 10.5 Å². The molecule has 2 aliphatic heterocycles. The van der Waals surface area contributed by atoms with Crippen molar-refractivity contribution in [2.45, 2.75) is 18.8 Å². The Morgan fingerprint density at radius 3 is 1.44 bits per heavy atom. The molecule has 4 aromatic carbocycles. The van der Waals surface area contributed by atoms with Crippen LogP contribution in [0.1, 0.15) is 45.7 Å². The number of hydrogen-bond donors (Lipinski definition) is 6. The highest BCUT2D eigenvalue weighted by Crippen LogP contribution is 2.26. The summed E-state index contributed by atoms with van der Waals surface area (Å²) < 4.78 is 26.7. The number of amidine groups is 2. The standard InChI is InChI=1S/C37H30F2N12O2S2/c38-26-7-1-20(2-8-26)32-46-34(42)50-36(48-32)54-18-30(52)44-28-11-5-22(24(14-28)16-40)13-23-6-12-29(15-25(23)17-41)45-31(53)19-55-37-49-33(47-35(43)51-37)21-3-9-27(39)10-4-21/h1-12,14-15,32-33H,13,18-19H2,(H,44,52)(H,45,53)(H3,42,46,48,50)(H3,43,47,49,51)/t32-,33-/m0/s1. The van der Waals surface area contributed by atoms with E-state index in [-0.39, 0.29) is 53.3 Å². The van der Waals surface area contributed by atoms with Gasteiger partial charge in [0.1, 0.15) is 11.6 Å². The van der Waals surface area contributed by atoms with E-state index < -0.39 is 12.3 Å². The first-order valence-electron chi connectivity index (χ1n) is 16.3. The normalized spacial score (nSPS) is 16.1. The maximum absolute atomic E-state index is 13.3. The molecular weight excluding hydrogens is 747 g/mol. The van der Waals surface area contributed by atoms with E-state index in [1.165, 1.54) is 24.3 Å². The Bertz CT molecular complexity index is 2170. The summed E-state index contributed by atoms with van der Waals surface area (Å²) >= 11 is 2.21. The van der Waals surface area contributed by atoms with Crippen LogP contribution in [0.4, 0.5) is 20.2 Å². The highest BCUT2D eigenvalue weighted by atomic mass is 32.2. The third-order valence-electron chi connectivity index (χ3n) is 7.90. The number of nitrogens with one attached hydrogen (secondary N) is 4. The number of carbonyl (C=O) groups is 2. The third kappa shape index (κ3) is 10.2. The summed E-state index contributed by atoms with van der Waals surface area (Å²) in [5.41, 5.74) is 15.8. The fourth-order valence-electron chi connectivity index (χ4n) is 5.30. The molecule has 0 saturated heterocycles. The fourth-order valence-corrected chi connectivity index (χ4v) is 6.68.